The number of amides is 4. The average Bonchev–Trinajstić information content (AvgIpc) is 2.94. The van der Waals surface area contributed by atoms with Gasteiger partial charge in [-0.15, -0.1) is 0 Å². The van der Waals surface area contributed by atoms with Crippen molar-refractivity contribution in [1.29, 1.82) is 0 Å². The molecule has 1 fully saturated rings. The molecule has 7 nitrogen and oxygen atoms in total. The van der Waals surface area contributed by atoms with Crippen molar-refractivity contribution in [1.82, 2.24) is 10.6 Å². The van der Waals surface area contributed by atoms with E-state index in [-0.39, 0.29) is 11.8 Å². The number of hydrogen-bond acceptors (Lipinski definition) is 4. The van der Waals surface area contributed by atoms with E-state index >= 15 is 0 Å². The van der Waals surface area contributed by atoms with Gasteiger partial charge < -0.3 is 15.7 Å². The predicted molar refractivity (Wildman–Crippen MR) is 105 cm³/mol. The van der Waals surface area contributed by atoms with Crippen LogP contribution in [0.2, 0.25) is 0 Å². The lowest BCUT2D eigenvalue weighted by Gasteiger charge is -2.27. The Morgan fingerprint density at radius 1 is 1.07 bits per heavy atom. The molecule has 0 bridgehead atoms. The third-order valence-electron chi connectivity index (χ3n) is 4.83. The highest BCUT2D eigenvalue weighted by molar-refractivity contribution is 6.07. The van der Waals surface area contributed by atoms with Gasteiger partial charge in [0.25, 0.3) is 5.91 Å². The van der Waals surface area contributed by atoms with Crippen molar-refractivity contribution in [2.24, 2.45) is 5.92 Å². The Hall–Kier alpha value is -3.19. The van der Waals surface area contributed by atoms with Crippen LogP contribution in [0.25, 0.3) is 11.1 Å². The van der Waals surface area contributed by atoms with E-state index in [1.807, 2.05) is 50.2 Å². The van der Waals surface area contributed by atoms with Crippen LogP contribution in [-0.4, -0.2) is 28.5 Å². The van der Waals surface area contributed by atoms with Crippen molar-refractivity contribution in [2.75, 3.05) is 5.32 Å². The van der Waals surface area contributed by atoms with Crippen LogP contribution >= 0.6 is 0 Å². The lowest BCUT2D eigenvalue weighted by Crippen LogP contribution is -2.49. The van der Waals surface area contributed by atoms with Gasteiger partial charge in [-0.3, -0.25) is 14.9 Å². The lowest BCUT2D eigenvalue weighted by atomic mass is 9.89. The Kier molecular flexibility index (Phi) is 5.20. The maximum absolute atomic E-state index is 12.0. The lowest BCUT2D eigenvalue weighted by molar-refractivity contribution is -0.127. The van der Waals surface area contributed by atoms with Crippen LogP contribution < -0.4 is 16.0 Å². The van der Waals surface area contributed by atoms with Gasteiger partial charge in [-0.2, -0.15) is 0 Å². The summed E-state index contributed by atoms with van der Waals surface area (Å²) in [5.41, 5.74) is 1.59. The molecule has 2 unspecified atom stereocenters. The number of rotatable bonds is 5. The molecule has 4 N–H and O–H groups in total. The Morgan fingerprint density at radius 2 is 1.75 bits per heavy atom. The van der Waals surface area contributed by atoms with Crippen LogP contribution in [0.1, 0.15) is 32.4 Å². The first kappa shape index (κ1) is 19.6. The average molecular weight is 381 g/mol. The zero-order valence-corrected chi connectivity index (χ0v) is 15.9. The van der Waals surface area contributed by atoms with E-state index in [2.05, 4.69) is 16.0 Å². The molecule has 0 radical (unpaired) electrons. The minimum atomic E-state index is -1.42. The summed E-state index contributed by atoms with van der Waals surface area (Å²) < 4.78 is 0. The van der Waals surface area contributed by atoms with E-state index < -0.39 is 23.6 Å². The molecule has 1 aliphatic heterocycles. The van der Waals surface area contributed by atoms with E-state index in [9.17, 15) is 19.5 Å². The molecule has 0 saturated carbocycles. The molecule has 2 aromatic carbocycles. The largest absolute Gasteiger partial charge is 0.385 e. The Labute approximate surface area is 163 Å². The molecule has 28 heavy (non-hydrogen) atoms. The van der Waals surface area contributed by atoms with Crippen molar-refractivity contribution >= 4 is 23.5 Å². The molecule has 2 atom stereocenters. The van der Waals surface area contributed by atoms with Crippen LogP contribution in [0.3, 0.4) is 0 Å². The van der Waals surface area contributed by atoms with Gasteiger partial charge in [0.1, 0.15) is 11.6 Å². The standard InChI is InChI=1S/C21H23N3O4/c1-12(2)18(26)22-16-6-4-5-15(11-16)13-7-9-14(10-8-13)17(25)21(3)19(27)23-20(28)24-21/h4-12,17,25H,1-3H3,(H,22,26)(H2,23,24,27,28). The summed E-state index contributed by atoms with van der Waals surface area (Å²) in [7, 11) is 0. The van der Waals surface area contributed by atoms with Gasteiger partial charge in [-0.1, -0.05) is 50.2 Å². The summed E-state index contributed by atoms with van der Waals surface area (Å²) in [5.74, 6) is -0.734. The second kappa shape index (κ2) is 7.44. The minimum Gasteiger partial charge on any atom is -0.385 e. The molecule has 0 aliphatic carbocycles. The second-order valence-electron chi connectivity index (χ2n) is 7.36. The van der Waals surface area contributed by atoms with Crippen LogP contribution in [0.5, 0.6) is 0 Å². The van der Waals surface area contributed by atoms with E-state index in [0.29, 0.717) is 11.3 Å². The maximum Gasteiger partial charge on any atom is 0.322 e. The molecular weight excluding hydrogens is 358 g/mol. The fourth-order valence-electron chi connectivity index (χ4n) is 3.00. The summed E-state index contributed by atoms with van der Waals surface area (Å²) >= 11 is 0. The first-order valence-electron chi connectivity index (χ1n) is 9.03. The number of anilines is 1. The number of imide groups is 1. The highest BCUT2D eigenvalue weighted by Gasteiger charge is 2.48. The summed E-state index contributed by atoms with van der Waals surface area (Å²) in [6.45, 7) is 5.14. The van der Waals surface area contributed by atoms with Crippen LogP contribution in [-0.2, 0) is 9.59 Å². The molecule has 0 spiro atoms. The predicted octanol–water partition coefficient (Wildman–Crippen LogP) is 2.58. The first-order valence-corrected chi connectivity index (χ1v) is 9.03. The molecule has 0 aromatic heterocycles. The molecule has 1 heterocycles. The highest BCUT2D eigenvalue weighted by atomic mass is 16.3. The smallest absolute Gasteiger partial charge is 0.322 e. The van der Waals surface area contributed by atoms with Crippen LogP contribution in [0.15, 0.2) is 48.5 Å². The summed E-state index contributed by atoms with van der Waals surface area (Å²) in [4.78, 5) is 35.3. The number of aliphatic hydroxyl groups excluding tert-OH is 1. The molecule has 146 valence electrons. The first-order chi connectivity index (χ1) is 13.2. The third kappa shape index (κ3) is 3.75. The van der Waals surface area contributed by atoms with Crippen molar-refractivity contribution in [3.63, 3.8) is 0 Å². The van der Waals surface area contributed by atoms with Crippen molar-refractivity contribution in [3.05, 3.63) is 54.1 Å². The van der Waals surface area contributed by atoms with Crippen molar-refractivity contribution in [3.8, 4) is 11.1 Å². The van der Waals surface area contributed by atoms with Gasteiger partial charge in [0.2, 0.25) is 5.91 Å². The molecule has 1 saturated heterocycles. The number of urea groups is 1. The van der Waals surface area contributed by atoms with Gasteiger partial charge in [-0.25, -0.2) is 4.79 Å². The summed E-state index contributed by atoms with van der Waals surface area (Å²) in [6, 6.07) is 13.9. The Morgan fingerprint density at radius 3 is 2.32 bits per heavy atom. The number of benzene rings is 2. The molecule has 4 amide bonds. The van der Waals surface area contributed by atoms with Gasteiger partial charge in [0.15, 0.2) is 0 Å². The minimum absolute atomic E-state index is 0.0549. The zero-order chi connectivity index (χ0) is 20.5. The monoisotopic (exact) mass is 381 g/mol. The topological polar surface area (TPSA) is 108 Å². The number of aliphatic hydroxyl groups is 1. The van der Waals surface area contributed by atoms with E-state index in [4.69, 9.17) is 0 Å². The Bertz CT molecular complexity index is 924. The number of carbonyl (C=O) groups excluding carboxylic acids is 3. The van der Waals surface area contributed by atoms with Crippen molar-refractivity contribution < 1.29 is 19.5 Å². The quantitative estimate of drug-likeness (QED) is 0.597. The van der Waals surface area contributed by atoms with Crippen molar-refractivity contribution in [2.45, 2.75) is 32.4 Å². The van der Waals surface area contributed by atoms with Gasteiger partial charge in [-0.05, 0) is 35.7 Å². The van der Waals surface area contributed by atoms with E-state index in [1.165, 1.54) is 6.92 Å². The molecule has 3 rings (SSSR count). The molecule has 1 aliphatic rings. The van der Waals surface area contributed by atoms with E-state index in [0.717, 1.165) is 11.1 Å². The Balaban J connectivity index is 1.80. The molecule has 2 aromatic rings. The normalized spacial score (nSPS) is 19.9. The fraction of sp³-hybridized carbons (Fsp3) is 0.286. The van der Waals surface area contributed by atoms with Crippen LogP contribution in [0.4, 0.5) is 10.5 Å². The maximum atomic E-state index is 12.0. The number of hydrogen-bond donors (Lipinski definition) is 4. The molecular formula is C21H23N3O4. The molecule has 7 heteroatoms. The zero-order valence-electron chi connectivity index (χ0n) is 15.9. The van der Waals surface area contributed by atoms with Gasteiger partial charge in [0, 0.05) is 11.6 Å². The summed E-state index contributed by atoms with van der Waals surface area (Å²) in [6.07, 6.45) is -1.19. The number of nitrogens with one attached hydrogen (secondary N) is 3. The SMILES string of the molecule is CC(C)C(=O)Nc1cccc(-c2ccc(C(O)C3(C)NC(=O)NC3=O)cc2)c1. The third-order valence-corrected chi connectivity index (χ3v) is 4.83. The second-order valence-corrected chi connectivity index (χ2v) is 7.36. The van der Waals surface area contributed by atoms with Crippen LogP contribution in [0, 0.1) is 5.92 Å². The fourth-order valence-corrected chi connectivity index (χ4v) is 3.00. The highest BCUT2D eigenvalue weighted by Crippen LogP contribution is 2.30. The van der Waals surface area contributed by atoms with E-state index in [1.54, 1.807) is 12.1 Å². The van der Waals surface area contributed by atoms with Gasteiger partial charge in [0.05, 0.1) is 0 Å². The number of carbonyl (C=O) groups is 3. The summed E-state index contributed by atoms with van der Waals surface area (Å²) in [5, 5.41) is 18.1. The van der Waals surface area contributed by atoms with Gasteiger partial charge >= 0.3 is 6.03 Å².